The van der Waals surface area contributed by atoms with Crippen LogP contribution in [0, 0.1) is 6.92 Å². The molecule has 0 spiro atoms. The van der Waals surface area contributed by atoms with Gasteiger partial charge in [-0.25, -0.2) is 4.98 Å². The Morgan fingerprint density at radius 2 is 2.21 bits per heavy atom. The average molecular weight is 252 g/mol. The highest BCUT2D eigenvalue weighted by Gasteiger charge is 2.06. The Morgan fingerprint density at radius 1 is 1.43 bits per heavy atom. The van der Waals surface area contributed by atoms with Gasteiger partial charge in [0.25, 0.3) is 0 Å². The zero-order chi connectivity index (χ0) is 10.1. The largest absolute Gasteiger partial charge is 0.369 e. The molecule has 2 rings (SSSR count). The number of nitrogens with zero attached hydrogens (tertiary/aromatic N) is 1. The van der Waals surface area contributed by atoms with Gasteiger partial charge in [0, 0.05) is 10.0 Å². The fourth-order valence-corrected chi connectivity index (χ4v) is 1.74. The highest BCUT2D eigenvalue weighted by molar-refractivity contribution is 9.10. The van der Waals surface area contributed by atoms with E-state index in [1.807, 2.05) is 18.2 Å². The molecule has 4 heteroatoms. The number of aromatic amines is 1. The molecule has 0 aliphatic carbocycles. The molecule has 14 heavy (non-hydrogen) atoms. The molecule has 0 aliphatic heterocycles. The summed E-state index contributed by atoms with van der Waals surface area (Å²) in [7, 11) is 0. The van der Waals surface area contributed by atoms with E-state index in [1.54, 1.807) is 6.20 Å². The molecule has 0 aliphatic rings. The van der Waals surface area contributed by atoms with Gasteiger partial charge in [0.15, 0.2) is 5.95 Å². The van der Waals surface area contributed by atoms with E-state index >= 15 is 0 Å². The third kappa shape index (κ3) is 1.53. The maximum atomic E-state index is 5.53. The number of halogens is 1. The molecule has 0 unspecified atom stereocenters. The lowest BCUT2D eigenvalue weighted by Gasteiger charge is -2.04. The average Bonchev–Trinajstić information content (AvgIpc) is 2.57. The van der Waals surface area contributed by atoms with Crippen molar-refractivity contribution in [2.24, 2.45) is 0 Å². The minimum absolute atomic E-state index is 0.444. The van der Waals surface area contributed by atoms with E-state index in [4.69, 9.17) is 5.73 Å². The number of rotatable bonds is 1. The number of anilines is 1. The second-order valence-corrected chi connectivity index (χ2v) is 3.95. The third-order valence-corrected chi connectivity index (χ3v) is 3.01. The van der Waals surface area contributed by atoms with Gasteiger partial charge < -0.3 is 10.7 Å². The van der Waals surface area contributed by atoms with Crippen molar-refractivity contribution >= 4 is 21.9 Å². The van der Waals surface area contributed by atoms with Crippen molar-refractivity contribution in [3.63, 3.8) is 0 Å². The van der Waals surface area contributed by atoms with Gasteiger partial charge in [0.2, 0.25) is 0 Å². The molecular formula is C10H10BrN3. The highest BCUT2D eigenvalue weighted by atomic mass is 79.9. The van der Waals surface area contributed by atoms with Crippen LogP contribution in [0.25, 0.3) is 11.3 Å². The number of aromatic nitrogens is 2. The van der Waals surface area contributed by atoms with E-state index in [-0.39, 0.29) is 0 Å². The smallest absolute Gasteiger partial charge is 0.197 e. The van der Waals surface area contributed by atoms with Gasteiger partial charge in [0.1, 0.15) is 0 Å². The Bertz CT molecular complexity index is 462. The summed E-state index contributed by atoms with van der Waals surface area (Å²) in [6, 6.07) is 6.04. The van der Waals surface area contributed by atoms with Crippen LogP contribution < -0.4 is 5.73 Å². The molecule has 1 aromatic heterocycles. The molecule has 72 valence electrons. The van der Waals surface area contributed by atoms with Crippen molar-refractivity contribution in [2.75, 3.05) is 5.73 Å². The molecule has 3 N–H and O–H groups in total. The lowest BCUT2D eigenvalue weighted by molar-refractivity contribution is 1.32. The lowest BCUT2D eigenvalue weighted by atomic mass is 10.1. The SMILES string of the molecule is Cc1c(Br)cccc1-c1cnc(N)[nH]1. The first kappa shape index (κ1) is 9.27. The van der Waals surface area contributed by atoms with Gasteiger partial charge in [-0.05, 0) is 18.6 Å². The molecule has 0 bridgehead atoms. The monoisotopic (exact) mass is 251 g/mol. The molecule has 1 aromatic carbocycles. The zero-order valence-corrected chi connectivity index (χ0v) is 9.30. The van der Waals surface area contributed by atoms with Gasteiger partial charge in [0.05, 0.1) is 11.9 Å². The second-order valence-electron chi connectivity index (χ2n) is 3.09. The maximum Gasteiger partial charge on any atom is 0.197 e. The van der Waals surface area contributed by atoms with Crippen LogP contribution in [-0.4, -0.2) is 9.97 Å². The quantitative estimate of drug-likeness (QED) is 0.819. The molecule has 0 saturated heterocycles. The molecule has 0 amide bonds. The number of nitrogens with one attached hydrogen (secondary N) is 1. The van der Waals surface area contributed by atoms with Crippen LogP contribution >= 0.6 is 15.9 Å². The van der Waals surface area contributed by atoms with Crippen molar-refractivity contribution in [2.45, 2.75) is 6.92 Å². The van der Waals surface area contributed by atoms with E-state index in [0.29, 0.717) is 5.95 Å². The molecule has 0 radical (unpaired) electrons. The zero-order valence-electron chi connectivity index (χ0n) is 7.71. The van der Waals surface area contributed by atoms with Crippen molar-refractivity contribution in [3.05, 3.63) is 34.4 Å². The summed E-state index contributed by atoms with van der Waals surface area (Å²) in [5.74, 6) is 0.444. The first-order chi connectivity index (χ1) is 6.68. The van der Waals surface area contributed by atoms with E-state index in [2.05, 4.69) is 32.8 Å². The maximum absolute atomic E-state index is 5.53. The summed E-state index contributed by atoms with van der Waals surface area (Å²) in [5, 5.41) is 0. The fraction of sp³-hybridized carbons (Fsp3) is 0.100. The number of H-pyrrole nitrogens is 1. The number of hydrogen-bond donors (Lipinski definition) is 2. The van der Waals surface area contributed by atoms with Crippen LogP contribution in [0.4, 0.5) is 5.95 Å². The number of benzene rings is 1. The van der Waals surface area contributed by atoms with Gasteiger partial charge in [-0.3, -0.25) is 0 Å². The summed E-state index contributed by atoms with van der Waals surface area (Å²) in [6.07, 6.45) is 1.74. The first-order valence-corrected chi connectivity index (χ1v) is 5.04. The molecule has 0 saturated carbocycles. The van der Waals surface area contributed by atoms with Crippen LogP contribution in [0.2, 0.25) is 0 Å². The Hall–Kier alpha value is -1.29. The van der Waals surface area contributed by atoms with Crippen LogP contribution in [0.1, 0.15) is 5.56 Å². The van der Waals surface area contributed by atoms with Crippen LogP contribution in [-0.2, 0) is 0 Å². The predicted octanol–water partition coefficient (Wildman–Crippen LogP) is 2.73. The summed E-state index contributed by atoms with van der Waals surface area (Å²) in [6.45, 7) is 2.05. The molecule has 3 nitrogen and oxygen atoms in total. The Labute approximate surface area is 90.5 Å². The summed E-state index contributed by atoms with van der Waals surface area (Å²) < 4.78 is 1.09. The summed E-state index contributed by atoms with van der Waals surface area (Å²) in [5.41, 5.74) is 8.76. The molecule has 0 atom stereocenters. The van der Waals surface area contributed by atoms with Crippen molar-refractivity contribution in [3.8, 4) is 11.3 Å². The molecule has 0 fully saturated rings. The van der Waals surface area contributed by atoms with Gasteiger partial charge in [-0.2, -0.15) is 0 Å². The molecule has 2 aromatic rings. The first-order valence-electron chi connectivity index (χ1n) is 4.24. The lowest BCUT2D eigenvalue weighted by Crippen LogP contribution is -1.87. The summed E-state index contributed by atoms with van der Waals surface area (Å²) >= 11 is 3.48. The normalized spacial score (nSPS) is 10.4. The van der Waals surface area contributed by atoms with Gasteiger partial charge in [-0.1, -0.05) is 28.1 Å². The number of nitrogens with two attached hydrogens (primary N) is 1. The second kappa shape index (κ2) is 3.46. The number of imidazole rings is 1. The van der Waals surface area contributed by atoms with E-state index < -0.39 is 0 Å². The topological polar surface area (TPSA) is 54.7 Å². The van der Waals surface area contributed by atoms with Crippen LogP contribution in [0.5, 0.6) is 0 Å². The van der Waals surface area contributed by atoms with E-state index in [1.165, 1.54) is 5.56 Å². The van der Waals surface area contributed by atoms with Gasteiger partial charge in [-0.15, -0.1) is 0 Å². The van der Waals surface area contributed by atoms with Crippen molar-refractivity contribution < 1.29 is 0 Å². The molecule has 1 heterocycles. The van der Waals surface area contributed by atoms with Gasteiger partial charge >= 0.3 is 0 Å². The Kier molecular flexibility index (Phi) is 2.29. The van der Waals surface area contributed by atoms with Crippen LogP contribution in [0.15, 0.2) is 28.9 Å². The Balaban J connectivity index is 2.57. The fourth-order valence-electron chi connectivity index (χ4n) is 1.37. The predicted molar refractivity (Wildman–Crippen MR) is 60.9 cm³/mol. The minimum atomic E-state index is 0.444. The van der Waals surface area contributed by atoms with Crippen LogP contribution in [0.3, 0.4) is 0 Å². The van der Waals surface area contributed by atoms with E-state index in [9.17, 15) is 0 Å². The number of nitrogen functional groups attached to an aromatic ring is 1. The molecular weight excluding hydrogens is 242 g/mol. The van der Waals surface area contributed by atoms with E-state index in [0.717, 1.165) is 15.7 Å². The van der Waals surface area contributed by atoms with Crippen molar-refractivity contribution in [1.82, 2.24) is 9.97 Å². The summed E-state index contributed by atoms with van der Waals surface area (Å²) in [4.78, 5) is 6.98. The third-order valence-electron chi connectivity index (χ3n) is 2.15. The Morgan fingerprint density at radius 3 is 2.86 bits per heavy atom. The number of hydrogen-bond acceptors (Lipinski definition) is 2. The minimum Gasteiger partial charge on any atom is -0.369 e. The highest BCUT2D eigenvalue weighted by Crippen LogP contribution is 2.27. The van der Waals surface area contributed by atoms with Crippen molar-refractivity contribution in [1.29, 1.82) is 0 Å². The standard InChI is InChI=1S/C10H10BrN3/c1-6-7(3-2-4-8(6)11)9-5-13-10(12)14-9/h2-5H,1H3,(H3,12,13,14).